The Bertz CT molecular complexity index is 476. The molecule has 2 heteroatoms. The van der Waals surface area contributed by atoms with Crippen molar-refractivity contribution in [2.24, 2.45) is 0 Å². The predicted molar refractivity (Wildman–Crippen MR) is 81.4 cm³/mol. The number of pyridine rings is 2. The van der Waals surface area contributed by atoms with E-state index in [9.17, 15) is 0 Å². The summed E-state index contributed by atoms with van der Waals surface area (Å²) in [4.78, 5) is 8.42. The lowest BCUT2D eigenvalue weighted by molar-refractivity contribution is 0.820. The second-order valence-corrected chi connectivity index (χ2v) is 5.32. The van der Waals surface area contributed by atoms with Crippen LogP contribution in [0.15, 0.2) is 42.7 Å². The summed E-state index contributed by atoms with van der Waals surface area (Å²) in [6.07, 6.45) is 3.69. The summed E-state index contributed by atoms with van der Waals surface area (Å²) >= 11 is 0. The van der Waals surface area contributed by atoms with Crippen molar-refractivity contribution in [1.29, 1.82) is 0 Å². The fraction of sp³-hybridized carbons (Fsp3) is 0.412. The van der Waals surface area contributed by atoms with Gasteiger partial charge in [0.2, 0.25) is 0 Å². The molecule has 0 bridgehead atoms. The van der Waals surface area contributed by atoms with Gasteiger partial charge in [0, 0.05) is 23.8 Å². The third-order valence-corrected chi connectivity index (χ3v) is 2.81. The molecular weight excluding hydrogens is 232 g/mol. The highest BCUT2D eigenvalue weighted by atomic mass is 14.7. The first-order valence-electron chi connectivity index (χ1n) is 6.84. The van der Waals surface area contributed by atoms with Crippen molar-refractivity contribution >= 4 is 0 Å². The maximum atomic E-state index is 4.24. The first-order valence-corrected chi connectivity index (χ1v) is 6.84. The molecule has 0 saturated heterocycles. The number of hydrogen-bond donors (Lipinski definition) is 0. The Labute approximate surface area is 116 Å². The Kier molecular flexibility index (Phi) is 6.20. The Hall–Kier alpha value is -1.70. The summed E-state index contributed by atoms with van der Waals surface area (Å²) in [5.74, 6) is 1.09. The third-order valence-electron chi connectivity index (χ3n) is 2.81. The molecule has 0 radical (unpaired) electrons. The standard InChI is InChI=1S/C9H13N.C8H11N/c1-7(2)9-6-8(3)4-5-10-9;1-7(2)8-5-3-4-6-9-8/h4-7H,1-3H3;3-7H,1-2H3. The van der Waals surface area contributed by atoms with Crippen molar-refractivity contribution in [2.45, 2.75) is 46.5 Å². The van der Waals surface area contributed by atoms with Crippen LogP contribution in [-0.2, 0) is 0 Å². The number of nitrogens with zero attached hydrogens (tertiary/aromatic N) is 2. The number of aryl methyl sites for hydroxylation is 1. The zero-order valence-corrected chi connectivity index (χ0v) is 12.6. The van der Waals surface area contributed by atoms with Gasteiger partial charge in [-0.2, -0.15) is 0 Å². The van der Waals surface area contributed by atoms with E-state index >= 15 is 0 Å². The van der Waals surface area contributed by atoms with Gasteiger partial charge < -0.3 is 0 Å². The van der Waals surface area contributed by atoms with Gasteiger partial charge in [0.1, 0.15) is 0 Å². The van der Waals surface area contributed by atoms with E-state index in [1.165, 1.54) is 11.3 Å². The zero-order valence-electron chi connectivity index (χ0n) is 12.6. The molecule has 0 amide bonds. The molecule has 0 unspecified atom stereocenters. The van der Waals surface area contributed by atoms with Crippen molar-refractivity contribution in [3.05, 3.63) is 59.7 Å². The number of hydrogen-bond acceptors (Lipinski definition) is 2. The first kappa shape index (κ1) is 15.4. The van der Waals surface area contributed by atoms with Crippen LogP contribution in [0.25, 0.3) is 0 Å². The second kappa shape index (κ2) is 7.67. The van der Waals surface area contributed by atoms with E-state index in [0.29, 0.717) is 11.8 Å². The monoisotopic (exact) mass is 256 g/mol. The zero-order chi connectivity index (χ0) is 14.3. The Morgan fingerprint density at radius 1 is 0.789 bits per heavy atom. The van der Waals surface area contributed by atoms with Crippen LogP contribution in [0.2, 0.25) is 0 Å². The molecular formula is C17H24N2. The summed E-state index contributed by atoms with van der Waals surface area (Å²) < 4.78 is 0. The van der Waals surface area contributed by atoms with E-state index in [-0.39, 0.29) is 0 Å². The molecule has 0 saturated carbocycles. The lowest BCUT2D eigenvalue weighted by Crippen LogP contribution is -1.91. The third kappa shape index (κ3) is 5.64. The van der Waals surface area contributed by atoms with Gasteiger partial charge in [-0.05, 0) is 48.6 Å². The van der Waals surface area contributed by atoms with Gasteiger partial charge in [-0.1, -0.05) is 33.8 Å². The minimum absolute atomic E-state index is 0.542. The lowest BCUT2D eigenvalue weighted by atomic mass is 10.1. The average molecular weight is 256 g/mol. The summed E-state index contributed by atoms with van der Waals surface area (Å²) in [7, 11) is 0. The highest BCUT2D eigenvalue weighted by molar-refractivity contribution is 5.16. The van der Waals surface area contributed by atoms with E-state index in [0.717, 1.165) is 5.69 Å². The van der Waals surface area contributed by atoms with Gasteiger partial charge in [0.15, 0.2) is 0 Å². The number of aromatic nitrogens is 2. The Balaban J connectivity index is 0.000000191. The van der Waals surface area contributed by atoms with E-state index in [4.69, 9.17) is 0 Å². The molecule has 2 nitrogen and oxygen atoms in total. The molecule has 102 valence electrons. The molecule has 0 atom stereocenters. The van der Waals surface area contributed by atoms with Crippen molar-refractivity contribution in [1.82, 2.24) is 9.97 Å². The van der Waals surface area contributed by atoms with Crippen LogP contribution >= 0.6 is 0 Å². The minimum Gasteiger partial charge on any atom is -0.261 e. The van der Waals surface area contributed by atoms with Crippen LogP contribution in [-0.4, -0.2) is 9.97 Å². The summed E-state index contributed by atoms with van der Waals surface area (Å²) in [6.45, 7) is 10.7. The van der Waals surface area contributed by atoms with Gasteiger partial charge >= 0.3 is 0 Å². The lowest BCUT2D eigenvalue weighted by Gasteiger charge is -2.03. The van der Waals surface area contributed by atoms with Crippen molar-refractivity contribution in [2.75, 3.05) is 0 Å². The fourth-order valence-electron chi connectivity index (χ4n) is 1.59. The molecule has 2 aromatic heterocycles. The molecule has 0 fully saturated rings. The highest BCUT2D eigenvalue weighted by Gasteiger charge is 1.98. The van der Waals surface area contributed by atoms with Crippen LogP contribution in [0.5, 0.6) is 0 Å². The normalized spacial score (nSPS) is 10.3. The molecule has 2 rings (SSSR count). The summed E-state index contributed by atoms with van der Waals surface area (Å²) in [6, 6.07) is 10.1. The first-order chi connectivity index (χ1) is 9.00. The quantitative estimate of drug-likeness (QED) is 0.777. The van der Waals surface area contributed by atoms with Gasteiger partial charge in [-0.15, -0.1) is 0 Å². The van der Waals surface area contributed by atoms with Gasteiger partial charge in [0.25, 0.3) is 0 Å². The molecule has 19 heavy (non-hydrogen) atoms. The van der Waals surface area contributed by atoms with Crippen molar-refractivity contribution in [3.63, 3.8) is 0 Å². The molecule has 0 aliphatic carbocycles. The molecule has 0 aliphatic heterocycles. The predicted octanol–water partition coefficient (Wildman–Crippen LogP) is 4.72. The summed E-state index contributed by atoms with van der Waals surface area (Å²) in [5.41, 5.74) is 3.64. The number of rotatable bonds is 2. The van der Waals surface area contributed by atoms with Crippen LogP contribution in [0, 0.1) is 6.92 Å². The molecule has 0 spiro atoms. The molecule has 0 N–H and O–H groups in total. The van der Waals surface area contributed by atoms with Crippen LogP contribution in [0.1, 0.15) is 56.5 Å². The van der Waals surface area contributed by atoms with E-state index in [1.54, 1.807) is 0 Å². The molecule has 0 aromatic carbocycles. The van der Waals surface area contributed by atoms with Crippen LogP contribution in [0.3, 0.4) is 0 Å². The highest BCUT2D eigenvalue weighted by Crippen LogP contribution is 2.11. The largest absolute Gasteiger partial charge is 0.261 e. The van der Waals surface area contributed by atoms with Crippen LogP contribution in [0.4, 0.5) is 0 Å². The van der Waals surface area contributed by atoms with Gasteiger partial charge in [-0.3, -0.25) is 9.97 Å². The van der Waals surface area contributed by atoms with Crippen molar-refractivity contribution < 1.29 is 0 Å². The topological polar surface area (TPSA) is 25.8 Å². The fourth-order valence-corrected chi connectivity index (χ4v) is 1.59. The summed E-state index contributed by atoms with van der Waals surface area (Å²) in [5, 5.41) is 0. The molecule has 0 aliphatic rings. The average Bonchev–Trinajstić information content (AvgIpc) is 2.40. The molecule has 2 heterocycles. The van der Waals surface area contributed by atoms with Gasteiger partial charge in [0.05, 0.1) is 0 Å². The molecule has 2 aromatic rings. The minimum atomic E-state index is 0.542. The van der Waals surface area contributed by atoms with E-state index in [1.807, 2.05) is 36.7 Å². The SMILES string of the molecule is CC(C)c1ccccn1.Cc1ccnc(C(C)C)c1. The maximum Gasteiger partial charge on any atom is 0.0431 e. The smallest absolute Gasteiger partial charge is 0.0431 e. The van der Waals surface area contributed by atoms with Crippen LogP contribution < -0.4 is 0 Å². The second-order valence-electron chi connectivity index (χ2n) is 5.32. The maximum absolute atomic E-state index is 4.24. The van der Waals surface area contributed by atoms with E-state index < -0.39 is 0 Å². The van der Waals surface area contributed by atoms with Crippen molar-refractivity contribution in [3.8, 4) is 0 Å². The Morgan fingerprint density at radius 2 is 1.42 bits per heavy atom. The van der Waals surface area contributed by atoms with E-state index in [2.05, 4.69) is 50.7 Å². The van der Waals surface area contributed by atoms with Gasteiger partial charge in [-0.25, -0.2) is 0 Å². The Morgan fingerprint density at radius 3 is 1.79 bits per heavy atom.